The Morgan fingerprint density at radius 3 is 2.62 bits per heavy atom. The summed E-state index contributed by atoms with van der Waals surface area (Å²) in [4.78, 5) is 14.2. The maximum absolute atomic E-state index is 12.5. The first kappa shape index (κ1) is 17.3. The summed E-state index contributed by atoms with van der Waals surface area (Å²) in [6.07, 6.45) is 4.73. The summed E-state index contributed by atoms with van der Waals surface area (Å²) in [5.41, 5.74) is 0.367. The highest BCUT2D eigenvalue weighted by Gasteiger charge is 2.26. The molecular weight excluding hydrogens is 296 g/mol. The predicted molar refractivity (Wildman–Crippen MR) is 77.0 cm³/mol. The van der Waals surface area contributed by atoms with Gasteiger partial charge in [0.15, 0.2) is 0 Å². The molecule has 0 saturated heterocycles. The van der Waals surface area contributed by atoms with Crippen molar-refractivity contribution in [3.05, 3.63) is 30.1 Å². The summed E-state index contributed by atoms with van der Waals surface area (Å²) >= 11 is 0. The second-order valence-electron chi connectivity index (χ2n) is 4.56. The molecule has 0 spiro atoms. The number of aliphatic hydroxyl groups is 1. The van der Waals surface area contributed by atoms with Gasteiger partial charge in [0.25, 0.3) is 0 Å². The number of hydrogen-bond donors (Lipinski definition) is 2. The summed E-state index contributed by atoms with van der Waals surface area (Å²) in [6.45, 7) is 3.10. The molecule has 21 heavy (non-hydrogen) atoms. The highest BCUT2D eigenvalue weighted by molar-refractivity contribution is 7.89. The Kier molecular flexibility index (Phi) is 6.01. The lowest BCUT2D eigenvalue weighted by atomic mass is 10.2. The molecule has 7 nitrogen and oxygen atoms in total. The number of pyridine rings is 1. The second kappa shape index (κ2) is 7.30. The molecule has 0 saturated carbocycles. The molecule has 116 valence electrons. The number of carboxylic acids is 1. The molecule has 0 aliphatic heterocycles. The van der Waals surface area contributed by atoms with Crippen molar-refractivity contribution < 1.29 is 23.4 Å². The number of hydrogen-bond acceptors (Lipinski definition) is 5. The first-order valence-electron chi connectivity index (χ1n) is 6.27. The molecule has 8 heteroatoms. The average Bonchev–Trinajstić information content (AvgIpc) is 2.42. The van der Waals surface area contributed by atoms with Crippen LogP contribution < -0.4 is 0 Å². The standard InChI is InChI=1S/C13H18N2O5S/c1-10(2)15(5-6-16)21(19,20)12-7-11(8-14-9-12)3-4-13(17)18/h3-4,7-10,16H,5-6H2,1-2H3,(H,17,18). The quantitative estimate of drug-likeness (QED) is 0.712. The molecule has 0 aliphatic carbocycles. The molecule has 0 unspecified atom stereocenters. The molecule has 0 aromatic carbocycles. The van der Waals surface area contributed by atoms with E-state index in [1.54, 1.807) is 13.8 Å². The van der Waals surface area contributed by atoms with Crippen LogP contribution in [0.15, 0.2) is 29.4 Å². The summed E-state index contributed by atoms with van der Waals surface area (Å²) in [7, 11) is -3.79. The number of nitrogens with zero attached hydrogens (tertiary/aromatic N) is 2. The number of sulfonamides is 1. The largest absolute Gasteiger partial charge is 0.478 e. The number of aliphatic hydroxyl groups excluding tert-OH is 1. The SMILES string of the molecule is CC(C)N(CCO)S(=O)(=O)c1cncc(C=CC(=O)O)c1. The van der Waals surface area contributed by atoms with Crippen LogP contribution in [0.1, 0.15) is 19.4 Å². The number of carbonyl (C=O) groups is 1. The van der Waals surface area contributed by atoms with Crippen LogP contribution in [0.25, 0.3) is 6.08 Å². The fraction of sp³-hybridized carbons (Fsp3) is 0.385. The zero-order valence-electron chi connectivity index (χ0n) is 11.8. The molecule has 0 amide bonds. The molecule has 0 aliphatic rings. The molecule has 1 aromatic heterocycles. The van der Waals surface area contributed by atoms with Crippen LogP contribution in [-0.2, 0) is 14.8 Å². The van der Waals surface area contributed by atoms with E-state index in [4.69, 9.17) is 10.2 Å². The van der Waals surface area contributed by atoms with Crippen LogP contribution in [0.3, 0.4) is 0 Å². The summed E-state index contributed by atoms with van der Waals surface area (Å²) in [6, 6.07) is 1.02. The molecule has 1 heterocycles. The number of aromatic nitrogens is 1. The van der Waals surface area contributed by atoms with Crippen molar-refractivity contribution in [2.24, 2.45) is 0 Å². The van der Waals surface area contributed by atoms with Crippen LogP contribution >= 0.6 is 0 Å². The first-order chi connectivity index (χ1) is 9.78. The van der Waals surface area contributed by atoms with Crippen molar-refractivity contribution >= 4 is 22.1 Å². The third kappa shape index (κ3) is 4.62. The number of rotatable bonds is 7. The highest BCUT2D eigenvalue weighted by Crippen LogP contribution is 2.18. The Bertz CT molecular complexity index is 625. The van der Waals surface area contributed by atoms with Crippen molar-refractivity contribution in [3.63, 3.8) is 0 Å². The van der Waals surface area contributed by atoms with Crippen LogP contribution in [0, 0.1) is 0 Å². The van der Waals surface area contributed by atoms with E-state index in [1.807, 2.05) is 0 Å². The predicted octanol–water partition coefficient (Wildman–Crippen LogP) is 0.571. The maximum atomic E-state index is 12.5. The molecule has 0 radical (unpaired) electrons. The fourth-order valence-electron chi connectivity index (χ4n) is 1.73. The van der Waals surface area contributed by atoms with Gasteiger partial charge in [-0.1, -0.05) is 0 Å². The van der Waals surface area contributed by atoms with Gasteiger partial charge in [-0.25, -0.2) is 13.2 Å². The molecule has 0 atom stereocenters. The summed E-state index contributed by atoms with van der Waals surface area (Å²) in [5, 5.41) is 17.6. The molecule has 1 rings (SSSR count). The lowest BCUT2D eigenvalue weighted by molar-refractivity contribution is -0.131. The number of carboxylic acid groups (broad SMARTS) is 1. The van der Waals surface area contributed by atoms with Gasteiger partial charge in [-0.2, -0.15) is 4.31 Å². The minimum Gasteiger partial charge on any atom is -0.478 e. The van der Waals surface area contributed by atoms with E-state index in [2.05, 4.69) is 4.98 Å². The van der Waals surface area contributed by atoms with E-state index < -0.39 is 16.0 Å². The van der Waals surface area contributed by atoms with Gasteiger partial charge in [0.2, 0.25) is 10.0 Å². The lowest BCUT2D eigenvalue weighted by Gasteiger charge is -2.24. The van der Waals surface area contributed by atoms with E-state index in [1.165, 1.54) is 24.5 Å². The van der Waals surface area contributed by atoms with Crippen molar-refractivity contribution in [3.8, 4) is 0 Å². The van der Waals surface area contributed by atoms with Gasteiger partial charge in [0.1, 0.15) is 4.90 Å². The van der Waals surface area contributed by atoms with Gasteiger partial charge >= 0.3 is 5.97 Å². The van der Waals surface area contributed by atoms with Crippen LogP contribution in [0.4, 0.5) is 0 Å². The van der Waals surface area contributed by atoms with E-state index >= 15 is 0 Å². The van der Waals surface area contributed by atoms with E-state index in [0.29, 0.717) is 5.56 Å². The maximum Gasteiger partial charge on any atom is 0.328 e. The van der Waals surface area contributed by atoms with Gasteiger partial charge < -0.3 is 10.2 Å². The van der Waals surface area contributed by atoms with E-state index in [-0.39, 0.29) is 24.1 Å². The van der Waals surface area contributed by atoms with Gasteiger partial charge in [0, 0.05) is 31.1 Å². The molecule has 1 aromatic rings. The van der Waals surface area contributed by atoms with Crippen LogP contribution in [0.2, 0.25) is 0 Å². The van der Waals surface area contributed by atoms with E-state index in [9.17, 15) is 13.2 Å². The Hall–Kier alpha value is -1.77. The Morgan fingerprint density at radius 2 is 2.10 bits per heavy atom. The zero-order valence-corrected chi connectivity index (χ0v) is 12.6. The molecular formula is C13H18N2O5S. The third-order valence-corrected chi connectivity index (χ3v) is 4.70. The topological polar surface area (TPSA) is 108 Å². The van der Waals surface area contributed by atoms with Crippen molar-refractivity contribution in [2.75, 3.05) is 13.2 Å². The smallest absolute Gasteiger partial charge is 0.328 e. The molecule has 0 fully saturated rings. The van der Waals surface area contributed by atoms with Crippen molar-refractivity contribution in [2.45, 2.75) is 24.8 Å². The van der Waals surface area contributed by atoms with Crippen LogP contribution in [-0.4, -0.2) is 53.1 Å². The lowest BCUT2D eigenvalue weighted by Crippen LogP contribution is -2.39. The van der Waals surface area contributed by atoms with Crippen molar-refractivity contribution in [1.29, 1.82) is 0 Å². The van der Waals surface area contributed by atoms with Crippen LogP contribution in [0.5, 0.6) is 0 Å². The van der Waals surface area contributed by atoms with E-state index in [0.717, 1.165) is 10.4 Å². The monoisotopic (exact) mass is 314 g/mol. The normalized spacial score (nSPS) is 12.4. The Balaban J connectivity index is 3.19. The Morgan fingerprint density at radius 1 is 1.43 bits per heavy atom. The Labute approximate surface area is 123 Å². The van der Waals surface area contributed by atoms with Gasteiger partial charge in [-0.05, 0) is 31.6 Å². The molecule has 2 N–H and O–H groups in total. The zero-order chi connectivity index (χ0) is 16.0. The third-order valence-electron chi connectivity index (χ3n) is 2.66. The highest BCUT2D eigenvalue weighted by atomic mass is 32.2. The van der Waals surface area contributed by atoms with Gasteiger partial charge in [0.05, 0.1) is 6.61 Å². The van der Waals surface area contributed by atoms with Gasteiger partial charge in [-0.3, -0.25) is 4.98 Å². The molecule has 0 bridgehead atoms. The minimum absolute atomic E-state index is 0.0187. The second-order valence-corrected chi connectivity index (χ2v) is 6.45. The fourth-order valence-corrected chi connectivity index (χ4v) is 3.35. The first-order valence-corrected chi connectivity index (χ1v) is 7.71. The summed E-state index contributed by atoms with van der Waals surface area (Å²) in [5.74, 6) is -1.13. The minimum atomic E-state index is -3.79. The summed E-state index contributed by atoms with van der Waals surface area (Å²) < 4.78 is 26.1. The average molecular weight is 314 g/mol. The number of aliphatic carboxylic acids is 1. The van der Waals surface area contributed by atoms with Crippen molar-refractivity contribution in [1.82, 2.24) is 9.29 Å². The van der Waals surface area contributed by atoms with Gasteiger partial charge in [-0.15, -0.1) is 0 Å².